The van der Waals surface area contributed by atoms with Gasteiger partial charge in [-0.1, -0.05) is 29.8 Å². The van der Waals surface area contributed by atoms with Crippen LogP contribution in [0.2, 0.25) is 5.02 Å². The molecule has 1 amide bonds. The van der Waals surface area contributed by atoms with Gasteiger partial charge in [0.2, 0.25) is 5.95 Å². The molecule has 0 bridgehead atoms. The molecule has 9 heteroatoms. The molecule has 1 aliphatic heterocycles. The summed E-state index contributed by atoms with van der Waals surface area (Å²) in [5, 5.41) is 16.9. The van der Waals surface area contributed by atoms with E-state index in [2.05, 4.69) is 17.6 Å². The number of amides is 1. The van der Waals surface area contributed by atoms with E-state index in [9.17, 15) is 14.3 Å². The van der Waals surface area contributed by atoms with E-state index < -0.39 is 11.9 Å². The summed E-state index contributed by atoms with van der Waals surface area (Å²) in [6.07, 6.45) is 4.04. The Hall–Kier alpha value is -3.39. The van der Waals surface area contributed by atoms with Gasteiger partial charge in [0.25, 0.3) is 0 Å². The minimum atomic E-state index is -0.916. The molecule has 2 aliphatic rings. The van der Waals surface area contributed by atoms with E-state index in [1.807, 2.05) is 24.3 Å². The third kappa shape index (κ3) is 4.63. The number of carbonyl (C=O) groups is 1. The molecule has 1 unspecified atom stereocenters. The van der Waals surface area contributed by atoms with Crippen molar-refractivity contribution in [1.29, 1.82) is 0 Å². The van der Waals surface area contributed by atoms with E-state index >= 15 is 0 Å². The van der Waals surface area contributed by atoms with Crippen LogP contribution in [0.3, 0.4) is 0 Å². The maximum atomic E-state index is 13.6. The number of nitrogens with zero attached hydrogens (tertiary/aromatic N) is 3. The maximum Gasteiger partial charge on any atom is 0.407 e. The summed E-state index contributed by atoms with van der Waals surface area (Å²) in [6.45, 7) is 2.94. The molecular weight excluding hydrogens is 457 g/mol. The van der Waals surface area contributed by atoms with Crippen LogP contribution in [0.4, 0.5) is 26.6 Å². The van der Waals surface area contributed by atoms with Crippen molar-refractivity contribution in [3.8, 4) is 0 Å². The third-order valence-electron chi connectivity index (χ3n) is 6.42. The summed E-state index contributed by atoms with van der Waals surface area (Å²) in [6, 6.07) is 10.6. The van der Waals surface area contributed by atoms with Gasteiger partial charge in [0, 0.05) is 35.8 Å². The lowest BCUT2D eigenvalue weighted by atomic mass is 9.97. The highest BCUT2D eigenvalue weighted by Gasteiger charge is 2.29. The number of aromatic nitrogens is 2. The number of para-hydroxylation sites is 1. The molecule has 0 saturated heterocycles. The van der Waals surface area contributed by atoms with Gasteiger partial charge in [-0.25, -0.2) is 14.2 Å². The number of carboxylic acid groups (broad SMARTS) is 1. The van der Waals surface area contributed by atoms with Gasteiger partial charge in [-0.2, -0.15) is 4.98 Å². The topological polar surface area (TPSA) is 90.4 Å². The van der Waals surface area contributed by atoms with Crippen LogP contribution < -0.4 is 10.6 Å². The number of hydrogen-bond acceptors (Lipinski definition) is 5. The molecule has 1 fully saturated rings. The van der Waals surface area contributed by atoms with Crippen molar-refractivity contribution in [2.45, 2.75) is 32.2 Å². The summed E-state index contributed by atoms with van der Waals surface area (Å²) in [5.74, 6) is 1.24. The number of rotatable bonds is 6. The van der Waals surface area contributed by atoms with E-state index in [1.54, 1.807) is 6.07 Å². The first-order valence-electron chi connectivity index (χ1n) is 11.4. The van der Waals surface area contributed by atoms with Gasteiger partial charge in [0.15, 0.2) is 0 Å². The van der Waals surface area contributed by atoms with Crippen molar-refractivity contribution in [2.24, 2.45) is 5.92 Å². The van der Waals surface area contributed by atoms with Crippen molar-refractivity contribution in [1.82, 2.24) is 14.9 Å². The summed E-state index contributed by atoms with van der Waals surface area (Å²) >= 11 is 5.96. The van der Waals surface area contributed by atoms with E-state index in [4.69, 9.17) is 21.6 Å². The number of hydrogen-bond donors (Lipinski definition) is 3. The highest BCUT2D eigenvalue weighted by Crippen LogP contribution is 2.37. The largest absolute Gasteiger partial charge is 0.465 e. The Labute approximate surface area is 201 Å². The first-order chi connectivity index (χ1) is 16.4. The number of fused-ring (bicyclic) bond motifs is 1. The standard InChI is InChI=1S/C25H25ClFN5O2/c1-14(15-5-6-15)28-23-19-4-2-3-18(16-9-11-32(12-10-16)25(33)34)22(19)30-24(31-23)29-17-7-8-21(27)20(26)13-17/h2-4,7-9,13-15H,5-6,10-12H2,1H3,(H,33,34)(H2,28,29,30,31). The molecular formula is C25H25ClFN5O2. The minimum Gasteiger partial charge on any atom is -0.465 e. The van der Waals surface area contributed by atoms with Gasteiger partial charge >= 0.3 is 6.09 Å². The highest BCUT2D eigenvalue weighted by atomic mass is 35.5. The minimum absolute atomic E-state index is 0.0162. The predicted molar refractivity (Wildman–Crippen MR) is 132 cm³/mol. The monoisotopic (exact) mass is 481 g/mol. The quantitative estimate of drug-likeness (QED) is 0.391. The molecule has 2 heterocycles. The summed E-state index contributed by atoms with van der Waals surface area (Å²) in [4.78, 5) is 22.3. The van der Waals surface area contributed by atoms with Gasteiger partial charge in [0.1, 0.15) is 11.6 Å². The summed E-state index contributed by atoms with van der Waals surface area (Å²) in [7, 11) is 0. The highest BCUT2D eigenvalue weighted by molar-refractivity contribution is 6.31. The lowest BCUT2D eigenvalue weighted by molar-refractivity contribution is 0.150. The molecule has 1 atom stereocenters. The second kappa shape index (κ2) is 9.10. The number of anilines is 3. The van der Waals surface area contributed by atoms with Crippen LogP contribution in [-0.4, -0.2) is 45.2 Å². The molecule has 34 heavy (non-hydrogen) atoms. The second-order valence-corrected chi connectivity index (χ2v) is 9.24. The first kappa shape index (κ1) is 22.4. The number of halogens is 2. The predicted octanol–water partition coefficient (Wildman–Crippen LogP) is 6.14. The second-order valence-electron chi connectivity index (χ2n) is 8.83. The van der Waals surface area contributed by atoms with E-state index in [0.717, 1.165) is 27.9 Å². The Balaban J connectivity index is 1.57. The van der Waals surface area contributed by atoms with E-state index in [0.29, 0.717) is 37.1 Å². The molecule has 176 valence electrons. The van der Waals surface area contributed by atoms with Crippen LogP contribution in [-0.2, 0) is 0 Å². The Morgan fingerprint density at radius 2 is 2.09 bits per heavy atom. The summed E-state index contributed by atoms with van der Waals surface area (Å²) < 4.78 is 13.6. The van der Waals surface area contributed by atoms with Gasteiger partial charge in [0.05, 0.1) is 10.5 Å². The first-order valence-corrected chi connectivity index (χ1v) is 11.7. The lowest BCUT2D eigenvalue weighted by Crippen LogP contribution is -2.33. The van der Waals surface area contributed by atoms with Crippen molar-refractivity contribution in [3.63, 3.8) is 0 Å². The normalized spacial score (nSPS) is 16.8. The van der Waals surface area contributed by atoms with Crippen LogP contribution in [0.15, 0.2) is 42.5 Å². The Bertz CT molecular complexity index is 1290. The zero-order valence-electron chi connectivity index (χ0n) is 18.7. The molecule has 2 aromatic carbocycles. The molecule has 1 aliphatic carbocycles. The molecule has 3 aromatic rings. The van der Waals surface area contributed by atoms with Gasteiger partial charge in [-0.3, -0.25) is 0 Å². The van der Waals surface area contributed by atoms with Crippen molar-refractivity contribution in [2.75, 3.05) is 23.7 Å². The summed E-state index contributed by atoms with van der Waals surface area (Å²) in [5.41, 5.74) is 3.36. The molecule has 0 spiro atoms. The van der Waals surface area contributed by atoms with Gasteiger partial charge in [-0.05, 0) is 61.9 Å². The molecule has 0 radical (unpaired) electrons. The molecule has 1 aromatic heterocycles. The van der Waals surface area contributed by atoms with Crippen molar-refractivity contribution in [3.05, 3.63) is 58.9 Å². The average molecular weight is 482 g/mol. The molecule has 5 rings (SSSR count). The van der Waals surface area contributed by atoms with E-state index in [1.165, 1.54) is 29.9 Å². The van der Waals surface area contributed by atoms with Crippen LogP contribution >= 0.6 is 11.6 Å². The van der Waals surface area contributed by atoms with Crippen LogP contribution in [0, 0.1) is 11.7 Å². The van der Waals surface area contributed by atoms with Crippen LogP contribution in [0.5, 0.6) is 0 Å². The third-order valence-corrected chi connectivity index (χ3v) is 6.71. The Morgan fingerprint density at radius 3 is 2.76 bits per heavy atom. The smallest absolute Gasteiger partial charge is 0.407 e. The average Bonchev–Trinajstić information content (AvgIpc) is 3.67. The number of benzene rings is 2. The Morgan fingerprint density at radius 1 is 1.26 bits per heavy atom. The van der Waals surface area contributed by atoms with Gasteiger partial charge in [-0.15, -0.1) is 0 Å². The maximum absolute atomic E-state index is 13.6. The Kier molecular flexibility index (Phi) is 6.00. The SMILES string of the molecule is CC(Nc1nc(Nc2ccc(F)c(Cl)c2)nc2c(C3=CCN(C(=O)O)CC3)cccc12)C1CC1. The lowest BCUT2D eigenvalue weighted by Gasteiger charge is -2.24. The zero-order valence-corrected chi connectivity index (χ0v) is 19.4. The van der Waals surface area contributed by atoms with Crippen LogP contribution in [0.25, 0.3) is 16.5 Å². The molecule has 1 saturated carbocycles. The fourth-order valence-electron chi connectivity index (χ4n) is 4.30. The van der Waals surface area contributed by atoms with E-state index in [-0.39, 0.29) is 11.1 Å². The number of nitrogens with one attached hydrogen (secondary N) is 2. The molecule has 3 N–H and O–H groups in total. The zero-order chi connectivity index (χ0) is 23.8. The van der Waals surface area contributed by atoms with Gasteiger partial charge < -0.3 is 20.6 Å². The van der Waals surface area contributed by atoms with Crippen molar-refractivity contribution < 1.29 is 14.3 Å². The fourth-order valence-corrected chi connectivity index (χ4v) is 4.48. The molecule has 7 nitrogen and oxygen atoms in total. The fraction of sp³-hybridized carbons (Fsp3) is 0.320. The van der Waals surface area contributed by atoms with Crippen molar-refractivity contribution >= 4 is 51.6 Å². The van der Waals surface area contributed by atoms with Crippen LogP contribution in [0.1, 0.15) is 31.7 Å².